The van der Waals surface area contributed by atoms with Crippen LogP contribution in [0.15, 0.2) is 53.4 Å². The summed E-state index contributed by atoms with van der Waals surface area (Å²) in [5.41, 5.74) is 2.17. The number of morpholine rings is 1. The van der Waals surface area contributed by atoms with E-state index in [4.69, 9.17) is 4.74 Å². The molecule has 1 heterocycles. The summed E-state index contributed by atoms with van der Waals surface area (Å²) in [6.07, 6.45) is 1.39. The van der Waals surface area contributed by atoms with Gasteiger partial charge in [0.15, 0.2) is 0 Å². The van der Waals surface area contributed by atoms with Crippen LogP contribution in [0, 0.1) is 0 Å². The van der Waals surface area contributed by atoms with Gasteiger partial charge in [-0.25, -0.2) is 8.42 Å². The first kappa shape index (κ1) is 23.4. The standard InChI is InChI=1S/C24H32N2O4S/c1-4-19(3)26(18-20-9-7-6-8-10-20)24(27)22-12-11-21(5-2)23(17-22)31(28,29)25-13-15-30-16-14-25/h6-12,17,19H,4-5,13-16,18H2,1-3H3. The SMILES string of the molecule is CCc1ccc(C(=O)N(Cc2ccccc2)C(C)CC)cc1S(=O)(=O)N1CCOCC1. The van der Waals surface area contributed by atoms with Crippen molar-refractivity contribution < 1.29 is 17.9 Å². The van der Waals surface area contributed by atoms with E-state index in [9.17, 15) is 13.2 Å². The summed E-state index contributed by atoms with van der Waals surface area (Å²) < 4.78 is 33.4. The molecular formula is C24H32N2O4S. The molecule has 0 saturated carbocycles. The van der Waals surface area contributed by atoms with Gasteiger partial charge in [0.05, 0.1) is 18.1 Å². The van der Waals surface area contributed by atoms with Crippen LogP contribution in [0.1, 0.15) is 48.7 Å². The minimum Gasteiger partial charge on any atom is -0.379 e. The molecule has 0 aliphatic carbocycles. The molecule has 0 spiro atoms. The van der Waals surface area contributed by atoms with E-state index < -0.39 is 10.0 Å². The second kappa shape index (κ2) is 10.4. The summed E-state index contributed by atoms with van der Waals surface area (Å²) in [7, 11) is -3.69. The highest BCUT2D eigenvalue weighted by molar-refractivity contribution is 7.89. The largest absolute Gasteiger partial charge is 0.379 e. The summed E-state index contributed by atoms with van der Waals surface area (Å²) in [6.45, 7) is 7.91. The number of amides is 1. The first-order valence-corrected chi connectivity index (χ1v) is 12.4. The fourth-order valence-electron chi connectivity index (χ4n) is 3.74. The number of nitrogens with zero attached hydrogens (tertiary/aromatic N) is 2. The summed E-state index contributed by atoms with van der Waals surface area (Å²) in [4.78, 5) is 15.6. The number of benzene rings is 2. The molecule has 7 heteroatoms. The van der Waals surface area contributed by atoms with E-state index in [2.05, 4.69) is 0 Å². The molecular weight excluding hydrogens is 412 g/mol. The van der Waals surface area contributed by atoms with Gasteiger partial charge in [-0.1, -0.05) is 50.2 Å². The summed E-state index contributed by atoms with van der Waals surface area (Å²) >= 11 is 0. The van der Waals surface area contributed by atoms with Gasteiger partial charge >= 0.3 is 0 Å². The minimum absolute atomic E-state index is 0.0258. The molecule has 0 bridgehead atoms. The maximum absolute atomic E-state index is 13.5. The van der Waals surface area contributed by atoms with Crippen molar-refractivity contribution >= 4 is 15.9 Å². The smallest absolute Gasteiger partial charge is 0.254 e. The average Bonchev–Trinajstić information content (AvgIpc) is 2.82. The number of carbonyl (C=O) groups is 1. The number of ether oxygens (including phenoxy) is 1. The van der Waals surface area contributed by atoms with Gasteiger partial charge in [0.25, 0.3) is 5.91 Å². The quantitative estimate of drug-likeness (QED) is 0.623. The third kappa shape index (κ3) is 5.34. The van der Waals surface area contributed by atoms with Gasteiger partial charge < -0.3 is 9.64 Å². The monoisotopic (exact) mass is 444 g/mol. The molecule has 0 aromatic heterocycles. The van der Waals surface area contributed by atoms with Gasteiger partial charge in [-0.05, 0) is 43.0 Å². The number of hydrogen-bond donors (Lipinski definition) is 0. The van der Waals surface area contributed by atoms with Crippen molar-refractivity contribution in [3.8, 4) is 0 Å². The van der Waals surface area contributed by atoms with Crippen molar-refractivity contribution in [3.63, 3.8) is 0 Å². The molecule has 1 fully saturated rings. The molecule has 1 aliphatic rings. The summed E-state index contributed by atoms with van der Waals surface area (Å²) in [6, 6.07) is 15.0. The van der Waals surface area contributed by atoms with E-state index in [1.54, 1.807) is 18.2 Å². The highest BCUT2D eigenvalue weighted by atomic mass is 32.2. The van der Waals surface area contributed by atoms with Gasteiger partial charge in [0, 0.05) is 31.2 Å². The molecule has 1 amide bonds. The second-order valence-corrected chi connectivity index (χ2v) is 9.77. The van der Waals surface area contributed by atoms with Crippen molar-refractivity contribution in [2.24, 2.45) is 0 Å². The highest BCUT2D eigenvalue weighted by Gasteiger charge is 2.30. The zero-order valence-electron chi connectivity index (χ0n) is 18.6. The van der Waals surface area contributed by atoms with Gasteiger partial charge in [0.1, 0.15) is 0 Å². The summed E-state index contributed by atoms with van der Waals surface area (Å²) in [5.74, 6) is -0.153. The molecule has 1 unspecified atom stereocenters. The lowest BCUT2D eigenvalue weighted by molar-refractivity contribution is 0.0671. The zero-order chi connectivity index (χ0) is 22.4. The van der Waals surface area contributed by atoms with Gasteiger partial charge in [-0.15, -0.1) is 0 Å². The lowest BCUT2D eigenvalue weighted by atomic mass is 10.1. The van der Waals surface area contributed by atoms with Crippen molar-refractivity contribution in [1.82, 2.24) is 9.21 Å². The van der Waals surface area contributed by atoms with E-state index in [-0.39, 0.29) is 16.8 Å². The topological polar surface area (TPSA) is 66.9 Å². The van der Waals surface area contributed by atoms with Crippen molar-refractivity contribution in [2.75, 3.05) is 26.3 Å². The Labute approximate surface area is 185 Å². The third-order valence-electron chi connectivity index (χ3n) is 5.86. The van der Waals surface area contributed by atoms with Gasteiger partial charge in [0.2, 0.25) is 10.0 Å². The Morgan fingerprint density at radius 2 is 1.77 bits per heavy atom. The minimum atomic E-state index is -3.69. The lowest BCUT2D eigenvalue weighted by Crippen LogP contribution is -2.41. The average molecular weight is 445 g/mol. The van der Waals surface area contributed by atoms with Crippen LogP contribution in [0.4, 0.5) is 0 Å². The Morgan fingerprint density at radius 3 is 2.39 bits per heavy atom. The van der Waals surface area contributed by atoms with Crippen molar-refractivity contribution in [2.45, 2.75) is 51.1 Å². The fraction of sp³-hybridized carbons (Fsp3) is 0.458. The first-order valence-electron chi connectivity index (χ1n) is 10.9. The van der Waals surface area contributed by atoms with Crippen LogP contribution >= 0.6 is 0 Å². The number of aryl methyl sites for hydroxylation is 1. The Balaban J connectivity index is 1.97. The van der Waals surface area contributed by atoms with E-state index >= 15 is 0 Å². The van der Waals surface area contributed by atoms with Crippen LogP contribution in [-0.2, 0) is 27.7 Å². The molecule has 1 atom stereocenters. The Morgan fingerprint density at radius 1 is 1.10 bits per heavy atom. The maximum atomic E-state index is 13.5. The Kier molecular flexibility index (Phi) is 7.86. The van der Waals surface area contributed by atoms with Gasteiger partial charge in [-0.2, -0.15) is 4.31 Å². The van der Waals surface area contributed by atoms with Crippen LogP contribution in [0.2, 0.25) is 0 Å². The maximum Gasteiger partial charge on any atom is 0.254 e. The lowest BCUT2D eigenvalue weighted by Gasteiger charge is -2.30. The molecule has 0 radical (unpaired) electrons. The van der Waals surface area contributed by atoms with Crippen molar-refractivity contribution in [1.29, 1.82) is 0 Å². The molecule has 3 rings (SSSR count). The van der Waals surface area contributed by atoms with Crippen LogP contribution < -0.4 is 0 Å². The van der Waals surface area contributed by atoms with Crippen LogP contribution in [0.3, 0.4) is 0 Å². The van der Waals surface area contributed by atoms with Gasteiger partial charge in [-0.3, -0.25) is 4.79 Å². The molecule has 0 N–H and O–H groups in total. The third-order valence-corrected chi connectivity index (χ3v) is 7.84. The Hall–Kier alpha value is -2.22. The molecule has 2 aromatic rings. The number of sulfonamides is 1. The normalized spacial score (nSPS) is 16.1. The van der Waals surface area contributed by atoms with Crippen LogP contribution in [0.5, 0.6) is 0 Å². The number of carbonyl (C=O) groups excluding carboxylic acids is 1. The van der Waals surface area contributed by atoms with E-state index in [0.717, 1.165) is 17.5 Å². The molecule has 168 valence electrons. The number of rotatable bonds is 8. The first-order chi connectivity index (χ1) is 14.9. The molecule has 1 aliphatic heterocycles. The highest BCUT2D eigenvalue weighted by Crippen LogP contribution is 2.25. The van der Waals surface area contributed by atoms with E-state index in [1.807, 2.05) is 56.0 Å². The fourth-order valence-corrected chi connectivity index (χ4v) is 5.47. The second-order valence-electron chi connectivity index (χ2n) is 7.87. The van der Waals surface area contributed by atoms with Crippen LogP contribution in [0.25, 0.3) is 0 Å². The van der Waals surface area contributed by atoms with E-state index in [1.165, 1.54) is 4.31 Å². The zero-order valence-corrected chi connectivity index (χ0v) is 19.4. The molecule has 1 saturated heterocycles. The molecule has 2 aromatic carbocycles. The van der Waals surface area contributed by atoms with E-state index in [0.29, 0.717) is 44.8 Å². The summed E-state index contributed by atoms with van der Waals surface area (Å²) in [5, 5.41) is 0. The number of hydrogen-bond acceptors (Lipinski definition) is 4. The van der Waals surface area contributed by atoms with Crippen molar-refractivity contribution in [3.05, 3.63) is 65.2 Å². The Bertz CT molecular complexity index is 986. The molecule has 6 nitrogen and oxygen atoms in total. The van der Waals surface area contributed by atoms with Crippen LogP contribution in [-0.4, -0.2) is 55.9 Å². The predicted octanol–water partition coefficient (Wildman–Crippen LogP) is 3.71. The predicted molar refractivity (Wildman–Crippen MR) is 121 cm³/mol. The molecule has 31 heavy (non-hydrogen) atoms.